The zero-order chi connectivity index (χ0) is 26.8. The molecule has 0 aliphatic carbocycles. The van der Waals surface area contributed by atoms with E-state index >= 15 is 0 Å². The van der Waals surface area contributed by atoms with E-state index in [1.54, 1.807) is 0 Å². The van der Waals surface area contributed by atoms with Crippen molar-refractivity contribution in [2.45, 2.75) is 53.1 Å². The molecule has 3 nitrogen and oxygen atoms in total. The second kappa shape index (κ2) is 11.0. The first-order valence-corrected chi connectivity index (χ1v) is 14.1. The van der Waals surface area contributed by atoms with Crippen LogP contribution < -0.4 is 4.74 Å². The number of thiophene rings is 1. The molecule has 194 valence electrons. The van der Waals surface area contributed by atoms with Crippen LogP contribution in [0, 0.1) is 13.8 Å². The summed E-state index contributed by atoms with van der Waals surface area (Å²) in [6.45, 7) is 8.73. The number of carbonyl (C=O) groups is 1. The van der Waals surface area contributed by atoms with Gasteiger partial charge in [-0.15, -0.1) is 11.3 Å². The number of esters is 1. The number of fused-ring (bicyclic) bond motifs is 2. The van der Waals surface area contributed by atoms with Crippen LogP contribution in [0.4, 0.5) is 0 Å². The maximum absolute atomic E-state index is 12.8. The Morgan fingerprint density at radius 2 is 1.55 bits per heavy atom. The second-order valence-corrected chi connectivity index (χ2v) is 11.0. The van der Waals surface area contributed by atoms with Crippen molar-refractivity contribution in [2.75, 3.05) is 7.11 Å². The predicted octanol–water partition coefficient (Wildman–Crippen LogP) is 8.63. The maximum Gasteiger partial charge on any atom is 0.347 e. The predicted molar refractivity (Wildman–Crippen MR) is 160 cm³/mol. The van der Waals surface area contributed by atoms with Gasteiger partial charge in [-0.05, 0) is 89.0 Å². The third-order valence-electron chi connectivity index (χ3n) is 7.46. The van der Waals surface area contributed by atoms with Crippen molar-refractivity contribution in [3.8, 4) is 16.9 Å². The van der Waals surface area contributed by atoms with Crippen molar-refractivity contribution >= 4 is 38.2 Å². The number of hydrogen-bond donors (Lipinski definition) is 0. The molecule has 0 unspecified atom stereocenters. The highest BCUT2D eigenvalue weighted by atomic mass is 32.1. The fourth-order valence-corrected chi connectivity index (χ4v) is 6.47. The molecule has 38 heavy (non-hydrogen) atoms. The summed E-state index contributed by atoms with van der Waals surface area (Å²) in [5.41, 5.74) is 7.07. The monoisotopic (exact) mass is 522 g/mol. The summed E-state index contributed by atoms with van der Waals surface area (Å²) >= 11 is 1.86. The zero-order valence-electron chi connectivity index (χ0n) is 22.8. The summed E-state index contributed by atoms with van der Waals surface area (Å²) in [6.07, 6.45) is 1.34. The molecule has 5 aromatic rings. The van der Waals surface area contributed by atoms with Gasteiger partial charge in [0.25, 0.3) is 0 Å². The first-order valence-electron chi connectivity index (χ1n) is 13.3. The molecule has 0 radical (unpaired) electrons. The van der Waals surface area contributed by atoms with Gasteiger partial charge in [0.1, 0.15) is 5.75 Å². The lowest BCUT2D eigenvalue weighted by Crippen LogP contribution is -2.31. The van der Waals surface area contributed by atoms with E-state index in [0.717, 1.165) is 35.3 Å². The quantitative estimate of drug-likeness (QED) is 0.191. The van der Waals surface area contributed by atoms with Crippen LogP contribution in [0.2, 0.25) is 0 Å². The molecule has 0 saturated carbocycles. The fraction of sp³-hybridized carbons (Fsp3) is 0.265. The Morgan fingerprint density at radius 3 is 2.21 bits per heavy atom. The van der Waals surface area contributed by atoms with Gasteiger partial charge in [0.2, 0.25) is 0 Å². The van der Waals surface area contributed by atoms with E-state index in [2.05, 4.69) is 70.2 Å². The molecule has 4 heteroatoms. The molecule has 0 aliphatic rings. The molecule has 1 heterocycles. The normalized spacial score (nSPS) is 12.1. The largest absolute Gasteiger partial charge is 0.478 e. The summed E-state index contributed by atoms with van der Waals surface area (Å²) in [7, 11) is 1.42. The van der Waals surface area contributed by atoms with E-state index in [0.29, 0.717) is 6.42 Å². The van der Waals surface area contributed by atoms with Gasteiger partial charge in [-0.3, -0.25) is 0 Å². The fourth-order valence-electron chi connectivity index (χ4n) is 5.34. The highest BCUT2D eigenvalue weighted by molar-refractivity contribution is 7.19. The Labute approximate surface area is 229 Å². The number of methoxy groups -OCH3 is 1. The van der Waals surface area contributed by atoms with Gasteiger partial charge in [0, 0.05) is 21.4 Å². The number of rotatable bonds is 8. The minimum absolute atomic E-state index is 0.359. The van der Waals surface area contributed by atoms with Gasteiger partial charge < -0.3 is 9.47 Å². The Bertz CT molecular complexity index is 1590. The minimum atomic E-state index is -0.713. The summed E-state index contributed by atoms with van der Waals surface area (Å²) in [5.74, 6) is 0.446. The minimum Gasteiger partial charge on any atom is -0.478 e. The van der Waals surface area contributed by atoms with Crippen LogP contribution in [0.5, 0.6) is 5.75 Å². The maximum atomic E-state index is 12.8. The van der Waals surface area contributed by atoms with E-state index in [9.17, 15) is 4.79 Å². The van der Waals surface area contributed by atoms with Crippen molar-refractivity contribution in [1.29, 1.82) is 0 Å². The van der Waals surface area contributed by atoms with Gasteiger partial charge in [-0.1, -0.05) is 68.4 Å². The van der Waals surface area contributed by atoms with Crippen LogP contribution in [-0.2, 0) is 28.8 Å². The number of aryl methyl sites for hydroxylation is 4. The number of benzene rings is 4. The van der Waals surface area contributed by atoms with E-state index < -0.39 is 6.10 Å². The molecule has 0 bridgehead atoms. The van der Waals surface area contributed by atoms with Crippen LogP contribution in [0.15, 0.2) is 72.8 Å². The number of hydrogen-bond acceptors (Lipinski definition) is 4. The van der Waals surface area contributed by atoms with Crippen LogP contribution in [0.25, 0.3) is 32.0 Å². The Hall–Kier alpha value is -3.63. The van der Waals surface area contributed by atoms with Crippen LogP contribution in [0.3, 0.4) is 0 Å². The molecule has 1 atom stereocenters. The average molecular weight is 523 g/mol. The Balaban J connectivity index is 1.67. The molecule has 0 spiro atoms. The van der Waals surface area contributed by atoms with Crippen molar-refractivity contribution in [3.05, 3.63) is 99.9 Å². The molecule has 0 saturated heterocycles. The molecule has 5 rings (SSSR count). The van der Waals surface area contributed by atoms with Gasteiger partial charge in [0.15, 0.2) is 6.10 Å². The van der Waals surface area contributed by atoms with Gasteiger partial charge in [-0.2, -0.15) is 0 Å². The van der Waals surface area contributed by atoms with Crippen LogP contribution in [0.1, 0.15) is 41.0 Å². The average Bonchev–Trinajstić information content (AvgIpc) is 3.23. The molecule has 0 N–H and O–H groups in total. The Morgan fingerprint density at radius 1 is 0.895 bits per heavy atom. The second-order valence-electron chi connectivity index (χ2n) is 9.78. The summed E-state index contributed by atoms with van der Waals surface area (Å²) in [5, 5.41) is 3.84. The summed E-state index contributed by atoms with van der Waals surface area (Å²) in [6, 6.07) is 25.5. The number of ether oxygens (including phenoxy) is 2. The van der Waals surface area contributed by atoms with E-state index in [1.165, 1.54) is 49.5 Å². The number of carbonyl (C=O) groups excluding carboxylic acids is 1. The smallest absolute Gasteiger partial charge is 0.347 e. The lowest BCUT2D eigenvalue weighted by atomic mass is 9.89. The first kappa shape index (κ1) is 26.0. The summed E-state index contributed by atoms with van der Waals surface area (Å²) < 4.78 is 13.0. The highest BCUT2D eigenvalue weighted by Gasteiger charge is 2.25. The Kier molecular flexibility index (Phi) is 7.53. The third-order valence-corrected chi connectivity index (χ3v) is 8.61. The molecule has 1 aromatic heterocycles. The van der Waals surface area contributed by atoms with Crippen molar-refractivity contribution in [1.82, 2.24) is 0 Å². The third kappa shape index (κ3) is 4.81. The van der Waals surface area contributed by atoms with E-state index in [-0.39, 0.29) is 5.97 Å². The van der Waals surface area contributed by atoms with E-state index in [4.69, 9.17) is 9.47 Å². The molecule has 0 aliphatic heterocycles. The zero-order valence-corrected chi connectivity index (χ0v) is 23.6. The van der Waals surface area contributed by atoms with Gasteiger partial charge >= 0.3 is 5.97 Å². The van der Waals surface area contributed by atoms with Crippen LogP contribution >= 0.6 is 11.3 Å². The molecule has 0 fully saturated rings. The molecular formula is C34H34O3S. The topological polar surface area (TPSA) is 35.5 Å². The van der Waals surface area contributed by atoms with Crippen LogP contribution in [-0.4, -0.2) is 19.2 Å². The van der Waals surface area contributed by atoms with Gasteiger partial charge in [-0.25, -0.2) is 4.79 Å². The lowest BCUT2D eigenvalue weighted by Gasteiger charge is -2.23. The first-order chi connectivity index (χ1) is 18.4. The lowest BCUT2D eigenvalue weighted by molar-refractivity contribution is -0.148. The van der Waals surface area contributed by atoms with Gasteiger partial charge in [0.05, 0.1) is 7.11 Å². The van der Waals surface area contributed by atoms with E-state index in [1.807, 2.05) is 41.7 Å². The molecule has 0 amide bonds. The molecule has 4 aromatic carbocycles. The highest BCUT2D eigenvalue weighted by Crippen LogP contribution is 2.44. The standard InChI is InChI=1S/C34H34O3S/c1-6-24-18-27(32-28-16-12-11-15-26(28)20-30-31(32)21(3)22(4)38-30)19-25(7-2)33(24)37-29(34(35)36-5)17-23-13-9-8-10-14-23/h8-16,18-20,29H,6-7,17H2,1-5H3/t29-/m1/s1. The van der Waals surface area contributed by atoms with Crippen molar-refractivity contribution < 1.29 is 14.3 Å². The summed E-state index contributed by atoms with van der Waals surface area (Å²) in [4.78, 5) is 14.1. The van der Waals surface area contributed by atoms with Crippen molar-refractivity contribution in [2.24, 2.45) is 0 Å². The SMILES string of the molecule is CCc1cc(-c2c3ccccc3cc3sc(C)c(C)c23)cc(CC)c1O[C@H](Cc1ccccc1)C(=O)OC. The molecular weight excluding hydrogens is 488 g/mol. The van der Waals surface area contributed by atoms with Crippen molar-refractivity contribution in [3.63, 3.8) is 0 Å².